The first-order valence-corrected chi connectivity index (χ1v) is 9.73. The number of benzene rings is 1. The number of nitro benzene ring substituents is 1. The lowest BCUT2D eigenvalue weighted by Crippen LogP contribution is -2.38. The molecule has 0 unspecified atom stereocenters. The van der Waals surface area contributed by atoms with Crippen LogP contribution in [-0.4, -0.2) is 16.6 Å². The highest BCUT2D eigenvalue weighted by atomic mass is 35.5. The van der Waals surface area contributed by atoms with Crippen LogP contribution in [0.25, 0.3) is 0 Å². The first-order chi connectivity index (χ1) is 12.9. The number of rotatable bonds is 3. The number of hydrogen-bond acceptors (Lipinski definition) is 5. The van der Waals surface area contributed by atoms with Gasteiger partial charge in [-0.1, -0.05) is 17.7 Å². The minimum atomic E-state index is -0.557. The fourth-order valence-corrected chi connectivity index (χ4v) is 4.94. The maximum absolute atomic E-state index is 13.0. The van der Waals surface area contributed by atoms with E-state index in [2.05, 4.69) is 5.32 Å². The molecule has 0 saturated heterocycles. The van der Waals surface area contributed by atoms with Crippen molar-refractivity contribution in [3.63, 3.8) is 0 Å². The number of hydrogen-bond donors (Lipinski definition) is 1. The van der Waals surface area contributed by atoms with E-state index in [9.17, 15) is 19.7 Å². The van der Waals surface area contributed by atoms with Gasteiger partial charge < -0.3 is 5.32 Å². The molecule has 2 atom stereocenters. The molecular weight excluding hydrogens is 388 g/mol. The van der Waals surface area contributed by atoms with Crippen LogP contribution in [0, 0.1) is 10.1 Å². The smallest absolute Gasteiger partial charge is 0.269 e. The molecule has 8 heteroatoms. The molecule has 0 spiro atoms. The summed E-state index contributed by atoms with van der Waals surface area (Å²) in [6.07, 6.45) is 0.976. The van der Waals surface area contributed by atoms with Crippen molar-refractivity contribution in [2.45, 2.75) is 31.1 Å². The quantitative estimate of drug-likeness (QED) is 0.611. The Balaban J connectivity index is 1.78. The standard InChI is InChI=1S/C19H15ClN2O4S/c20-14-4-3-11(22(25)26)8-12(14)13-9-18(24)21-15-6-10(7-16(23)19(13)15)17-2-1-5-27-17/h1-5,8,10,13H,6-7,9H2,(H,21,24)/t10-,13+/m0/s1. The highest BCUT2D eigenvalue weighted by Gasteiger charge is 2.39. The summed E-state index contributed by atoms with van der Waals surface area (Å²) in [5.74, 6) is -0.767. The fourth-order valence-electron chi connectivity index (χ4n) is 3.86. The number of nitrogens with zero attached hydrogens (tertiary/aromatic N) is 1. The summed E-state index contributed by atoms with van der Waals surface area (Å²) in [4.78, 5) is 37.0. The fraction of sp³-hybridized carbons (Fsp3) is 0.263. The number of halogens is 1. The van der Waals surface area contributed by atoms with Crippen LogP contribution in [0.4, 0.5) is 5.69 Å². The molecule has 2 aliphatic rings. The van der Waals surface area contributed by atoms with Gasteiger partial charge in [-0.3, -0.25) is 19.7 Å². The predicted octanol–water partition coefficient (Wildman–Crippen LogP) is 4.31. The van der Waals surface area contributed by atoms with Crippen molar-refractivity contribution in [2.75, 3.05) is 0 Å². The lowest BCUT2D eigenvalue weighted by molar-refractivity contribution is -0.384. The SMILES string of the molecule is O=C1C[C@H](c2cc([N+](=O)[O-])ccc2Cl)C2=C(C[C@H](c3cccs3)CC2=O)N1. The Morgan fingerprint density at radius 3 is 2.70 bits per heavy atom. The van der Waals surface area contributed by atoms with E-state index in [0.29, 0.717) is 34.7 Å². The van der Waals surface area contributed by atoms with Crippen LogP contribution in [0.2, 0.25) is 5.02 Å². The Hall–Kier alpha value is -2.51. The van der Waals surface area contributed by atoms with Gasteiger partial charge in [0.1, 0.15) is 0 Å². The van der Waals surface area contributed by atoms with E-state index in [1.807, 2.05) is 17.5 Å². The number of carbonyl (C=O) groups is 2. The number of ketones is 1. The zero-order valence-corrected chi connectivity index (χ0v) is 15.7. The Labute approximate surface area is 164 Å². The summed E-state index contributed by atoms with van der Waals surface area (Å²) in [7, 11) is 0. The van der Waals surface area contributed by atoms with Gasteiger partial charge in [0.25, 0.3) is 5.69 Å². The van der Waals surface area contributed by atoms with E-state index < -0.39 is 10.8 Å². The normalized spacial score (nSPS) is 22.4. The number of Topliss-reactive ketones (excluding diaryl/α,β-unsaturated/α-hetero) is 1. The summed E-state index contributed by atoms with van der Waals surface area (Å²) >= 11 is 7.88. The minimum absolute atomic E-state index is 0.0379. The van der Waals surface area contributed by atoms with Gasteiger partial charge >= 0.3 is 0 Å². The third-order valence-electron chi connectivity index (χ3n) is 5.05. The van der Waals surface area contributed by atoms with Crippen molar-refractivity contribution >= 4 is 40.3 Å². The van der Waals surface area contributed by atoms with Gasteiger partial charge in [-0.05, 0) is 29.5 Å². The van der Waals surface area contributed by atoms with E-state index in [-0.39, 0.29) is 29.7 Å². The van der Waals surface area contributed by atoms with Gasteiger partial charge in [-0.15, -0.1) is 11.3 Å². The molecular formula is C19H15ClN2O4S. The number of carbonyl (C=O) groups excluding carboxylic acids is 2. The molecule has 1 N–H and O–H groups in total. The topological polar surface area (TPSA) is 89.3 Å². The van der Waals surface area contributed by atoms with E-state index >= 15 is 0 Å². The van der Waals surface area contributed by atoms with E-state index in [0.717, 1.165) is 4.88 Å². The average molecular weight is 403 g/mol. The number of allylic oxidation sites excluding steroid dienone is 2. The van der Waals surface area contributed by atoms with Crippen LogP contribution in [0.3, 0.4) is 0 Å². The molecule has 1 aliphatic carbocycles. The van der Waals surface area contributed by atoms with E-state index in [4.69, 9.17) is 11.6 Å². The molecule has 0 saturated carbocycles. The number of thiophene rings is 1. The average Bonchev–Trinajstić information content (AvgIpc) is 3.15. The van der Waals surface area contributed by atoms with Crippen molar-refractivity contribution in [2.24, 2.45) is 0 Å². The maximum atomic E-state index is 13.0. The third-order valence-corrected chi connectivity index (χ3v) is 6.43. The highest BCUT2D eigenvalue weighted by Crippen LogP contribution is 2.45. The predicted molar refractivity (Wildman–Crippen MR) is 102 cm³/mol. The molecule has 1 aliphatic heterocycles. The lowest BCUT2D eigenvalue weighted by atomic mass is 9.74. The Bertz CT molecular complexity index is 984. The molecule has 138 valence electrons. The van der Waals surface area contributed by atoms with Gasteiger partial charge in [0.2, 0.25) is 5.91 Å². The monoisotopic (exact) mass is 402 g/mol. The second-order valence-electron chi connectivity index (χ2n) is 6.70. The van der Waals surface area contributed by atoms with Crippen LogP contribution >= 0.6 is 22.9 Å². The summed E-state index contributed by atoms with van der Waals surface area (Å²) in [5.41, 5.74) is 1.50. The van der Waals surface area contributed by atoms with Crippen molar-refractivity contribution in [3.8, 4) is 0 Å². The first kappa shape index (κ1) is 17.9. The molecule has 6 nitrogen and oxygen atoms in total. The Morgan fingerprint density at radius 1 is 1.19 bits per heavy atom. The van der Waals surface area contributed by atoms with E-state index in [1.54, 1.807) is 11.3 Å². The third kappa shape index (κ3) is 3.28. The summed E-state index contributed by atoms with van der Waals surface area (Å²) in [5, 5.41) is 16.3. The molecule has 1 aromatic carbocycles. The van der Waals surface area contributed by atoms with Gasteiger partial charge in [0.05, 0.1) is 4.92 Å². The van der Waals surface area contributed by atoms with Crippen LogP contribution in [0.5, 0.6) is 0 Å². The highest BCUT2D eigenvalue weighted by molar-refractivity contribution is 7.10. The maximum Gasteiger partial charge on any atom is 0.269 e. The Morgan fingerprint density at radius 2 is 2.00 bits per heavy atom. The molecule has 2 heterocycles. The van der Waals surface area contributed by atoms with Gasteiger partial charge in [-0.25, -0.2) is 0 Å². The zero-order chi connectivity index (χ0) is 19.1. The second-order valence-corrected chi connectivity index (χ2v) is 8.09. The summed E-state index contributed by atoms with van der Waals surface area (Å²) in [6.45, 7) is 0. The molecule has 1 amide bonds. The van der Waals surface area contributed by atoms with Crippen molar-refractivity contribution in [1.29, 1.82) is 0 Å². The zero-order valence-electron chi connectivity index (χ0n) is 14.1. The second kappa shape index (κ2) is 6.90. The van der Waals surface area contributed by atoms with Gasteiger partial charge in [0.15, 0.2) is 5.78 Å². The summed E-state index contributed by atoms with van der Waals surface area (Å²) in [6, 6.07) is 8.07. The largest absolute Gasteiger partial charge is 0.329 e. The Kier molecular flexibility index (Phi) is 4.57. The van der Waals surface area contributed by atoms with Crippen molar-refractivity contribution < 1.29 is 14.5 Å². The number of amides is 1. The van der Waals surface area contributed by atoms with Crippen molar-refractivity contribution in [3.05, 3.63) is 72.6 Å². The van der Waals surface area contributed by atoms with Crippen LogP contribution in [-0.2, 0) is 9.59 Å². The number of nitrogens with one attached hydrogen (secondary N) is 1. The number of non-ortho nitro benzene ring substituents is 1. The van der Waals surface area contributed by atoms with Crippen molar-refractivity contribution in [1.82, 2.24) is 5.32 Å². The summed E-state index contributed by atoms with van der Waals surface area (Å²) < 4.78 is 0. The van der Waals surface area contributed by atoms with Gasteiger partial charge in [-0.2, -0.15) is 0 Å². The molecule has 0 bridgehead atoms. The molecule has 0 fully saturated rings. The lowest BCUT2D eigenvalue weighted by Gasteiger charge is -2.34. The number of nitro groups is 1. The van der Waals surface area contributed by atoms with Crippen LogP contribution < -0.4 is 5.32 Å². The molecule has 4 rings (SSSR count). The van der Waals surface area contributed by atoms with Crippen LogP contribution in [0.1, 0.15) is 41.5 Å². The molecule has 0 radical (unpaired) electrons. The first-order valence-electron chi connectivity index (χ1n) is 8.47. The minimum Gasteiger partial charge on any atom is -0.329 e. The molecule has 1 aromatic heterocycles. The molecule has 27 heavy (non-hydrogen) atoms. The van der Waals surface area contributed by atoms with Gasteiger partial charge in [0, 0.05) is 58.0 Å². The van der Waals surface area contributed by atoms with E-state index in [1.165, 1.54) is 18.2 Å². The molecule has 2 aromatic rings. The van der Waals surface area contributed by atoms with Crippen LogP contribution in [0.15, 0.2) is 47.0 Å².